The lowest BCUT2D eigenvalue weighted by Crippen LogP contribution is -2.43. The average Bonchev–Trinajstić information content (AvgIpc) is 2.66. The summed E-state index contributed by atoms with van der Waals surface area (Å²) in [6.45, 7) is 2.18. The maximum atomic E-state index is 12.6. The number of sulfonamides is 1. The summed E-state index contributed by atoms with van der Waals surface area (Å²) in [5.74, 6) is 0. The molecule has 0 radical (unpaired) electrons. The molecular weight excluding hydrogens is 315 g/mol. The van der Waals surface area contributed by atoms with E-state index in [4.69, 9.17) is 5.11 Å². The molecule has 116 valence electrons. The van der Waals surface area contributed by atoms with Gasteiger partial charge in [-0.1, -0.05) is 0 Å². The van der Waals surface area contributed by atoms with Gasteiger partial charge in [-0.3, -0.25) is 0 Å². The predicted octanol–water partition coefficient (Wildman–Crippen LogP) is 2.51. The van der Waals surface area contributed by atoms with Crippen molar-refractivity contribution in [3.63, 3.8) is 0 Å². The van der Waals surface area contributed by atoms with Gasteiger partial charge in [-0.05, 0) is 31.7 Å². The minimum atomic E-state index is -4.62. The van der Waals surface area contributed by atoms with E-state index in [2.05, 4.69) is 0 Å². The van der Waals surface area contributed by atoms with Crippen LogP contribution in [0.5, 0.6) is 0 Å². The third kappa shape index (κ3) is 3.72. The zero-order valence-electron chi connectivity index (χ0n) is 11.2. The smallest absolute Gasteiger partial charge is 0.391 e. The number of aliphatic hydroxyl groups is 1. The molecule has 0 saturated heterocycles. The molecule has 1 heterocycles. The van der Waals surface area contributed by atoms with Crippen molar-refractivity contribution >= 4 is 21.4 Å². The summed E-state index contributed by atoms with van der Waals surface area (Å²) >= 11 is 1.01. The van der Waals surface area contributed by atoms with E-state index in [1.165, 1.54) is 26.2 Å². The molecule has 0 fully saturated rings. The lowest BCUT2D eigenvalue weighted by molar-refractivity contribution is -0.138. The molecule has 1 rings (SSSR count). The Hall–Kier alpha value is -0.640. The van der Waals surface area contributed by atoms with Gasteiger partial charge in [0.25, 0.3) is 0 Å². The first-order valence-electron chi connectivity index (χ1n) is 5.77. The maximum Gasteiger partial charge on any atom is 0.402 e. The Morgan fingerprint density at radius 1 is 1.40 bits per heavy atom. The maximum absolute atomic E-state index is 12.6. The molecule has 0 aliphatic carbocycles. The summed E-state index contributed by atoms with van der Waals surface area (Å²) in [7, 11) is -4.30. The molecule has 0 atom stereocenters. The van der Waals surface area contributed by atoms with Crippen LogP contribution in [0.15, 0.2) is 10.3 Å². The molecule has 1 aromatic rings. The van der Waals surface area contributed by atoms with Crippen LogP contribution in [0.25, 0.3) is 0 Å². The van der Waals surface area contributed by atoms with Gasteiger partial charge >= 0.3 is 6.18 Å². The van der Waals surface area contributed by atoms with Gasteiger partial charge in [0.2, 0.25) is 10.0 Å². The molecule has 4 nitrogen and oxygen atoms in total. The fourth-order valence-electron chi connectivity index (χ4n) is 1.78. The number of aryl methyl sites for hydroxylation is 1. The van der Waals surface area contributed by atoms with Crippen LogP contribution >= 0.6 is 11.3 Å². The fourth-order valence-corrected chi connectivity index (χ4v) is 5.02. The normalized spacial score (nSPS) is 13.4. The lowest BCUT2D eigenvalue weighted by atomic mass is 10.3. The highest BCUT2D eigenvalue weighted by Gasteiger charge is 2.40. The first kappa shape index (κ1) is 17.4. The van der Waals surface area contributed by atoms with E-state index in [9.17, 15) is 21.6 Å². The van der Waals surface area contributed by atoms with E-state index in [0.717, 1.165) is 11.3 Å². The molecule has 0 unspecified atom stereocenters. The van der Waals surface area contributed by atoms with Gasteiger partial charge in [-0.2, -0.15) is 17.5 Å². The Bertz CT molecular complexity index is 564. The second kappa shape index (κ2) is 6.00. The third-order valence-electron chi connectivity index (χ3n) is 2.61. The van der Waals surface area contributed by atoms with Crippen molar-refractivity contribution in [2.45, 2.75) is 44.5 Å². The summed E-state index contributed by atoms with van der Waals surface area (Å²) in [6.07, 6.45) is -4.62. The summed E-state index contributed by atoms with van der Waals surface area (Å²) in [4.78, 5) is -0.0710. The van der Waals surface area contributed by atoms with Crippen molar-refractivity contribution < 1.29 is 26.7 Å². The highest BCUT2D eigenvalue weighted by atomic mass is 32.2. The number of aliphatic hydroxyl groups excluding tert-OH is 1. The quantitative estimate of drug-likeness (QED) is 0.902. The van der Waals surface area contributed by atoms with Crippen molar-refractivity contribution in [2.75, 3.05) is 6.54 Å². The van der Waals surface area contributed by atoms with Gasteiger partial charge in [0.15, 0.2) is 0 Å². The van der Waals surface area contributed by atoms with Crippen molar-refractivity contribution in [2.24, 2.45) is 0 Å². The second-order valence-corrected chi connectivity index (χ2v) is 7.38. The standard InChI is InChI=1S/C11H16F3NO3S2/c1-7(2)15(6-11(12,13)14)20(17,18)10-8(3)5-19-9(10)4-16/h5,7,16H,4,6H2,1-3H3. The summed E-state index contributed by atoms with van der Waals surface area (Å²) < 4.78 is 63.0. The number of thiophene rings is 1. The highest BCUT2D eigenvalue weighted by Crippen LogP contribution is 2.32. The molecule has 0 aliphatic rings. The van der Waals surface area contributed by atoms with Gasteiger partial charge in [0.1, 0.15) is 11.4 Å². The number of nitrogens with zero attached hydrogens (tertiary/aromatic N) is 1. The highest BCUT2D eigenvalue weighted by molar-refractivity contribution is 7.89. The Morgan fingerprint density at radius 2 is 1.95 bits per heavy atom. The van der Waals surface area contributed by atoms with Crippen molar-refractivity contribution in [1.29, 1.82) is 0 Å². The van der Waals surface area contributed by atoms with Crippen LogP contribution < -0.4 is 0 Å². The molecule has 0 saturated carbocycles. The molecule has 1 N–H and O–H groups in total. The molecule has 20 heavy (non-hydrogen) atoms. The molecule has 0 bridgehead atoms. The van der Waals surface area contributed by atoms with E-state index in [1.54, 1.807) is 0 Å². The number of hydrogen-bond donors (Lipinski definition) is 1. The van der Waals surface area contributed by atoms with Gasteiger partial charge in [-0.15, -0.1) is 11.3 Å². The van der Waals surface area contributed by atoms with E-state index >= 15 is 0 Å². The minimum absolute atomic E-state index is 0.148. The monoisotopic (exact) mass is 331 g/mol. The van der Waals surface area contributed by atoms with Crippen molar-refractivity contribution in [3.05, 3.63) is 15.8 Å². The predicted molar refractivity (Wildman–Crippen MR) is 70.1 cm³/mol. The second-order valence-electron chi connectivity index (χ2n) is 4.59. The fraction of sp³-hybridized carbons (Fsp3) is 0.636. The molecule has 0 amide bonds. The zero-order chi connectivity index (χ0) is 15.7. The topological polar surface area (TPSA) is 57.6 Å². The SMILES string of the molecule is Cc1csc(CO)c1S(=O)(=O)N(CC(F)(F)F)C(C)C. The number of hydrogen-bond acceptors (Lipinski definition) is 4. The van der Waals surface area contributed by atoms with Gasteiger partial charge in [0.05, 0.1) is 11.5 Å². The first-order valence-corrected chi connectivity index (χ1v) is 8.09. The van der Waals surface area contributed by atoms with Gasteiger partial charge < -0.3 is 5.11 Å². The zero-order valence-corrected chi connectivity index (χ0v) is 12.9. The molecular formula is C11H16F3NO3S2. The van der Waals surface area contributed by atoms with Crippen LogP contribution in [-0.2, 0) is 16.6 Å². The largest absolute Gasteiger partial charge is 0.402 e. The molecule has 9 heteroatoms. The Labute approximate surface area is 119 Å². The van der Waals surface area contributed by atoms with Crippen molar-refractivity contribution in [1.82, 2.24) is 4.31 Å². The Kier molecular flexibility index (Phi) is 5.23. The van der Waals surface area contributed by atoms with E-state index in [0.29, 0.717) is 9.87 Å². The first-order chi connectivity index (χ1) is 9.00. The summed E-state index contributed by atoms with van der Waals surface area (Å²) in [5, 5.41) is 10.7. The van der Waals surface area contributed by atoms with Crippen molar-refractivity contribution in [3.8, 4) is 0 Å². The average molecular weight is 331 g/mol. The number of rotatable bonds is 5. The van der Waals surface area contributed by atoms with E-state index in [1.807, 2.05) is 0 Å². The van der Waals surface area contributed by atoms with Crippen LogP contribution in [0.1, 0.15) is 24.3 Å². The summed E-state index contributed by atoms with van der Waals surface area (Å²) in [6, 6.07) is -0.840. The van der Waals surface area contributed by atoms with Crippen LogP contribution in [0.4, 0.5) is 13.2 Å². The minimum Gasteiger partial charge on any atom is -0.391 e. The van der Waals surface area contributed by atoms with Crippen LogP contribution in [0.2, 0.25) is 0 Å². The molecule has 0 spiro atoms. The van der Waals surface area contributed by atoms with E-state index < -0.39 is 35.4 Å². The van der Waals surface area contributed by atoms with Crippen LogP contribution in [-0.4, -0.2) is 36.6 Å². The number of halogens is 3. The Morgan fingerprint density at radius 3 is 2.35 bits per heavy atom. The van der Waals surface area contributed by atoms with E-state index in [-0.39, 0.29) is 9.77 Å². The summed E-state index contributed by atoms with van der Waals surface area (Å²) in [5.41, 5.74) is 0.340. The number of alkyl halides is 3. The third-order valence-corrected chi connectivity index (χ3v) is 6.08. The van der Waals surface area contributed by atoms with Gasteiger partial charge in [-0.25, -0.2) is 8.42 Å². The lowest BCUT2D eigenvalue weighted by Gasteiger charge is -2.27. The van der Waals surface area contributed by atoms with Crippen LogP contribution in [0, 0.1) is 6.92 Å². The molecule has 1 aromatic heterocycles. The van der Waals surface area contributed by atoms with Crippen LogP contribution in [0.3, 0.4) is 0 Å². The Balaban J connectivity index is 3.34. The molecule has 0 aliphatic heterocycles. The molecule has 0 aromatic carbocycles. The van der Waals surface area contributed by atoms with Gasteiger partial charge in [0, 0.05) is 6.04 Å².